The summed E-state index contributed by atoms with van der Waals surface area (Å²) in [5, 5.41) is 3.33. The van der Waals surface area contributed by atoms with Gasteiger partial charge in [-0.25, -0.2) is 13.4 Å². The molecule has 1 aromatic carbocycles. The van der Waals surface area contributed by atoms with Gasteiger partial charge in [0.05, 0.1) is 16.3 Å². The van der Waals surface area contributed by atoms with Crippen molar-refractivity contribution in [2.24, 2.45) is 5.92 Å². The molecule has 1 atom stereocenters. The van der Waals surface area contributed by atoms with Crippen molar-refractivity contribution in [1.29, 1.82) is 0 Å². The number of nitrogens with one attached hydrogen (secondary N) is 1. The summed E-state index contributed by atoms with van der Waals surface area (Å²) in [4.78, 5) is 18.1. The smallest absolute Gasteiger partial charge is 0.227 e. The summed E-state index contributed by atoms with van der Waals surface area (Å²) in [6.07, 6.45) is 3.01. The molecule has 0 saturated heterocycles. The molecule has 0 aliphatic heterocycles. The lowest BCUT2D eigenvalue weighted by molar-refractivity contribution is -0.115. The van der Waals surface area contributed by atoms with Gasteiger partial charge in [-0.1, -0.05) is 24.6 Å². The van der Waals surface area contributed by atoms with Crippen molar-refractivity contribution in [2.45, 2.75) is 44.4 Å². The van der Waals surface area contributed by atoms with Gasteiger partial charge in [-0.05, 0) is 44.2 Å². The van der Waals surface area contributed by atoms with Crippen LogP contribution in [0.2, 0.25) is 0 Å². The lowest BCUT2D eigenvalue weighted by Crippen LogP contribution is -2.17. The third kappa shape index (κ3) is 4.46. The fraction of sp³-hybridized carbons (Fsp3) is 0.444. The van der Waals surface area contributed by atoms with Crippen molar-refractivity contribution in [3.8, 4) is 0 Å². The predicted molar refractivity (Wildman–Crippen MR) is 99.8 cm³/mol. The molecule has 1 aromatic heterocycles. The summed E-state index contributed by atoms with van der Waals surface area (Å²) in [5.41, 5.74) is 2.07. The van der Waals surface area contributed by atoms with Crippen LogP contribution in [-0.2, 0) is 27.5 Å². The number of anilines is 1. The molecule has 25 heavy (non-hydrogen) atoms. The van der Waals surface area contributed by atoms with Crippen molar-refractivity contribution in [2.75, 3.05) is 11.1 Å². The minimum Gasteiger partial charge on any atom is -0.302 e. The van der Waals surface area contributed by atoms with Crippen LogP contribution in [-0.4, -0.2) is 25.1 Å². The molecule has 0 fully saturated rings. The number of hydrogen-bond donors (Lipinski definition) is 1. The molecule has 7 heteroatoms. The molecule has 3 rings (SSSR count). The number of benzene rings is 1. The molecule has 1 heterocycles. The predicted octanol–water partition coefficient (Wildman–Crippen LogP) is 3.38. The topological polar surface area (TPSA) is 76.1 Å². The van der Waals surface area contributed by atoms with Gasteiger partial charge in [0.2, 0.25) is 5.91 Å². The molecular weight excluding hydrogens is 356 g/mol. The summed E-state index contributed by atoms with van der Waals surface area (Å²) < 4.78 is 24.6. The van der Waals surface area contributed by atoms with Crippen molar-refractivity contribution in [1.82, 2.24) is 4.98 Å². The Bertz CT molecular complexity index is 870. The van der Waals surface area contributed by atoms with E-state index < -0.39 is 9.84 Å². The van der Waals surface area contributed by atoms with Gasteiger partial charge < -0.3 is 5.32 Å². The zero-order valence-corrected chi connectivity index (χ0v) is 16.0. The highest BCUT2D eigenvalue weighted by atomic mass is 32.2. The van der Waals surface area contributed by atoms with E-state index in [1.165, 1.54) is 16.2 Å². The van der Waals surface area contributed by atoms with E-state index in [9.17, 15) is 13.2 Å². The Morgan fingerprint density at radius 3 is 2.76 bits per heavy atom. The summed E-state index contributed by atoms with van der Waals surface area (Å²) in [7, 11) is -3.45. The first-order valence-corrected chi connectivity index (χ1v) is 10.9. The van der Waals surface area contributed by atoms with Crippen LogP contribution >= 0.6 is 11.3 Å². The van der Waals surface area contributed by atoms with Crippen LogP contribution in [0.1, 0.15) is 35.9 Å². The highest BCUT2D eigenvalue weighted by molar-refractivity contribution is 7.91. The second-order valence-electron chi connectivity index (χ2n) is 6.67. The quantitative estimate of drug-likeness (QED) is 0.865. The minimum absolute atomic E-state index is 0.0726. The maximum Gasteiger partial charge on any atom is 0.227 e. The number of carbonyl (C=O) groups is 1. The van der Waals surface area contributed by atoms with Crippen LogP contribution in [0, 0.1) is 12.8 Å². The Morgan fingerprint density at radius 1 is 1.32 bits per heavy atom. The first-order chi connectivity index (χ1) is 11.8. The Balaban J connectivity index is 1.59. The van der Waals surface area contributed by atoms with E-state index in [0.29, 0.717) is 11.0 Å². The molecule has 5 nitrogen and oxygen atoms in total. The number of thiazole rings is 1. The molecule has 1 amide bonds. The zero-order valence-electron chi connectivity index (χ0n) is 14.4. The normalized spacial score (nSPS) is 17.1. The van der Waals surface area contributed by atoms with Gasteiger partial charge in [0.25, 0.3) is 0 Å². The Kier molecular flexibility index (Phi) is 5.24. The number of rotatable bonds is 5. The van der Waals surface area contributed by atoms with Gasteiger partial charge in [0.1, 0.15) is 0 Å². The summed E-state index contributed by atoms with van der Waals surface area (Å²) in [6.45, 7) is 4.12. The molecule has 1 aliphatic carbocycles. The van der Waals surface area contributed by atoms with E-state index in [4.69, 9.17) is 0 Å². The van der Waals surface area contributed by atoms with Crippen LogP contribution < -0.4 is 5.32 Å². The summed E-state index contributed by atoms with van der Waals surface area (Å²) in [6, 6.07) is 6.68. The molecule has 0 radical (unpaired) electrons. The first-order valence-electron chi connectivity index (χ1n) is 8.41. The molecule has 1 aliphatic rings. The number of amides is 1. The fourth-order valence-corrected chi connectivity index (χ4v) is 5.29. The van der Waals surface area contributed by atoms with Crippen molar-refractivity contribution >= 4 is 32.2 Å². The van der Waals surface area contributed by atoms with E-state index in [-0.39, 0.29) is 23.0 Å². The highest BCUT2D eigenvalue weighted by Crippen LogP contribution is 2.32. The average Bonchev–Trinajstić information content (AvgIpc) is 2.94. The van der Waals surface area contributed by atoms with Gasteiger partial charge >= 0.3 is 0 Å². The third-order valence-corrected chi connectivity index (χ3v) is 7.18. The van der Waals surface area contributed by atoms with Crippen molar-refractivity contribution < 1.29 is 13.2 Å². The average molecular weight is 379 g/mol. The number of aromatic nitrogens is 1. The van der Waals surface area contributed by atoms with Gasteiger partial charge in [-0.15, -0.1) is 11.3 Å². The Hall–Kier alpha value is -1.73. The van der Waals surface area contributed by atoms with Crippen LogP contribution in [0.3, 0.4) is 0 Å². The van der Waals surface area contributed by atoms with Crippen LogP contribution in [0.15, 0.2) is 29.2 Å². The molecule has 0 saturated carbocycles. The third-order valence-electron chi connectivity index (χ3n) is 4.41. The summed E-state index contributed by atoms with van der Waals surface area (Å²) >= 11 is 1.51. The number of hydrogen-bond acceptors (Lipinski definition) is 5. The maximum atomic E-state index is 12.3. The number of aryl methyl sites for hydroxylation is 2. The van der Waals surface area contributed by atoms with Crippen molar-refractivity contribution in [3.05, 3.63) is 40.4 Å². The number of sulfone groups is 1. The molecular formula is C18H22N2O3S2. The highest BCUT2D eigenvalue weighted by Gasteiger charge is 2.21. The van der Waals surface area contributed by atoms with E-state index in [1.807, 2.05) is 6.92 Å². The second kappa shape index (κ2) is 7.25. The SMILES string of the molecule is Cc1ccc(S(=O)(=O)CCC(=O)Nc2nc3c(s2)CC(C)CC3)cc1. The van der Waals surface area contributed by atoms with Gasteiger partial charge in [0, 0.05) is 11.3 Å². The lowest BCUT2D eigenvalue weighted by atomic mass is 9.93. The molecule has 1 N–H and O–H groups in total. The fourth-order valence-electron chi connectivity index (χ4n) is 2.87. The van der Waals surface area contributed by atoms with E-state index in [1.54, 1.807) is 24.3 Å². The standard InChI is InChI=1S/C18H22N2O3S2/c1-12-3-6-14(7-4-12)25(22,23)10-9-17(21)20-18-19-15-8-5-13(2)11-16(15)24-18/h3-4,6-7,13H,5,8-11H2,1-2H3,(H,19,20,21). The number of carbonyl (C=O) groups excluding carboxylic acids is 1. The second-order valence-corrected chi connectivity index (χ2v) is 9.86. The van der Waals surface area contributed by atoms with Crippen LogP contribution in [0.25, 0.3) is 0 Å². The Morgan fingerprint density at radius 2 is 2.04 bits per heavy atom. The monoisotopic (exact) mass is 378 g/mol. The maximum absolute atomic E-state index is 12.3. The number of fused-ring (bicyclic) bond motifs is 1. The number of nitrogens with zero attached hydrogens (tertiary/aromatic N) is 1. The van der Waals surface area contributed by atoms with Crippen molar-refractivity contribution in [3.63, 3.8) is 0 Å². The molecule has 0 bridgehead atoms. The van der Waals surface area contributed by atoms with Gasteiger partial charge in [-0.3, -0.25) is 4.79 Å². The lowest BCUT2D eigenvalue weighted by Gasteiger charge is -2.15. The largest absolute Gasteiger partial charge is 0.302 e. The first kappa shape index (κ1) is 18.1. The van der Waals surface area contributed by atoms with Gasteiger partial charge in [-0.2, -0.15) is 0 Å². The zero-order chi connectivity index (χ0) is 18.0. The van der Waals surface area contributed by atoms with Gasteiger partial charge in [0.15, 0.2) is 15.0 Å². The van der Waals surface area contributed by atoms with E-state index in [0.717, 1.165) is 30.5 Å². The van der Waals surface area contributed by atoms with Crippen LogP contribution in [0.4, 0.5) is 5.13 Å². The van der Waals surface area contributed by atoms with E-state index in [2.05, 4.69) is 17.2 Å². The Labute approximate surface area is 152 Å². The molecule has 134 valence electrons. The molecule has 0 spiro atoms. The van der Waals surface area contributed by atoms with E-state index >= 15 is 0 Å². The molecule has 1 unspecified atom stereocenters. The van der Waals surface area contributed by atoms with Crippen LogP contribution in [0.5, 0.6) is 0 Å². The summed E-state index contributed by atoms with van der Waals surface area (Å²) in [5.74, 6) is 0.135. The minimum atomic E-state index is -3.45. The molecule has 2 aromatic rings.